The lowest BCUT2D eigenvalue weighted by Crippen LogP contribution is -2.21. The maximum absolute atomic E-state index is 4.35. The zero-order valence-corrected chi connectivity index (χ0v) is 10.4. The molecule has 0 aliphatic rings. The Bertz CT molecular complexity index is 303. The van der Waals surface area contributed by atoms with Crippen LogP contribution in [0.25, 0.3) is 0 Å². The van der Waals surface area contributed by atoms with E-state index in [0.717, 1.165) is 25.1 Å². The molecule has 0 aliphatic heterocycles. The van der Waals surface area contributed by atoms with Gasteiger partial charge in [-0.3, -0.25) is 4.98 Å². The molecule has 0 saturated heterocycles. The normalized spacial score (nSPS) is 12.4. The molecule has 1 rings (SSSR count). The lowest BCUT2D eigenvalue weighted by molar-refractivity contribution is 0.499. The zero-order chi connectivity index (χ0) is 11.8. The first kappa shape index (κ1) is 12.9. The van der Waals surface area contributed by atoms with Crippen LogP contribution >= 0.6 is 0 Å². The molecule has 0 fully saturated rings. The van der Waals surface area contributed by atoms with Gasteiger partial charge in [0.1, 0.15) is 0 Å². The number of aromatic nitrogens is 1. The van der Waals surface area contributed by atoms with Crippen LogP contribution in [0.4, 0.5) is 0 Å². The molecule has 2 heteroatoms. The smallest absolute Gasteiger partial charge is 0.0372 e. The third-order valence-corrected chi connectivity index (χ3v) is 2.69. The molecule has 0 radical (unpaired) electrons. The maximum atomic E-state index is 4.35. The van der Waals surface area contributed by atoms with Gasteiger partial charge in [-0.05, 0) is 44.4 Å². The number of unbranched alkanes of at least 4 members (excludes halogenated alkanes) is 1. The fourth-order valence-electron chi connectivity index (χ4n) is 1.78. The van der Waals surface area contributed by atoms with Gasteiger partial charge in [-0.25, -0.2) is 0 Å². The van der Waals surface area contributed by atoms with Crippen molar-refractivity contribution in [3.63, 3.8) is 0 Å². The minimum atomic E-state index is 0.429. The van der Waals surface area contributed by atoms with E-state index in [1.54, 1.807) is 0 Å². The Balaban J connectivity index is 2.60. The number of aryl methyl sites for hydroxylation is 1. The first-order chi connectivity index (χ1) is 7.77. The molecule has 0 saturated carbocycles. The highest BCUT2D eigenvalue weighted by Gasteiger charge is 2.09. The van der Waals surface area contributed by atoms with Gasteiger partial charge in [0.15, 0.2) is 0 Å². The SMILES string of the molecule is C=CCCCC(NCC)c1ccc(C)nc1. The molecule has 1 N–H and O–H groups in total. The zero-order valence-electron chi connectivity index (χ0n) is 10.4. The molecule has 1 atom stereocenters. The number of nitrogens with zero attached hydrogens (tertiary/aromatic N) is 1. The van der Waals surface area contributed by atoms with Gasteiger partial charge in [0.05, 0.1) is 0 Å². The Morgan fingerprint density at radius 1 is 1.50 bits per heavy atom. The van der Waals surface area contributed by atoms with Crippen molar-refractivity contribution in [2.24, 2.45) is 0 Å². The maximum Gasteiger partial charge on any atom is 0.0372 e. The van der Waals surface area contributed by atoms with Crippen LogP contribution in [-0.4, -0.2) is 11.5 Å². The molecule has 1 aromatic heterocycles. The molecule has 2 nitrogen and oxygen atoms in total. The number of allylic oxidation sites excluding steroid dienone is 1. The summed E-state index contributed by atoms with van der Waals surface area (Å²) in [6, 6.07) is 4.68. The number of nitrogens with one attached hydrogen (secondary N) is 1. The van der Waals surface area contributed by atoms with Crippen molar-refractivity contribution in [1.82, 2.24) is 10.3 Å². The van der Waals surface area contributed by atoms with Crippen molar-refractivity contribution in [3.05, 3.63) is 42.2 Å². The second-order valence-electron chi connectivity index (χ2n) is 4.06. The molecular weight excluding hydrogens is 196 g/mol. The molecular formula is C14H22N2. The van der Waals surface area contributed by atoms with E-state index in [0.29, 0.717) is 6.04 Å². The quantitative estimate of drug-likeness (QED) is 0.560. The van der Waals surface area contributed by atoms with Crippen LogP contribution in [0.1, 0.15) is 43.5 Å². The Morgan fingerprint density at radius 2 is 2.31 bits per heavy atom. The summed E-state index contributed by atoms with van der Waals surface area (Å²) in [6.07, 6.45) is 7.37. The van der Waals surface area contributed by atoms with Gasteiger partial charge >= 0.3 is 0 Å². The highest BCUT2D eigenvalue weighted by Crippen LogP contribution is 2.18. The molecule has 1 heterocycles. The van der Waals surface area contributed by atoms with E-state index in [2.05, 4.69) is 35.9 Å². The van der Waals surface area contributed by atoms with Crippen LogP contribution in [0.15, 0.2) is 31.0 Å². The van der Waals surface area contributed by atoms with E-state index in [9.17, 15) is 0 Å². The van der Waals surface area contributed by atoms with Crippen LogP contribution in [0.3, 0.4) is 0 Å². The molecule has 0 aliphatic carbocycles. The highest BCUT2D eigenvalue weighted by atomic mass is 14.9. The van der Waals surface area contributed by atoms with E-state index in [4.69, 9.17) is 0 Å². The molecule has 1 aromatic rings. The molecule has 88 valence electrons. The highest BCUT2D eigenvalue weighted by molar-refractivity contribution is 5.17. The van der Waals surface area contributed by atoms with Crippen LogP contribution in [0.2, 0.25) is 0 Å². The van der Waals surface area contributed by atoms with Crippen LogP contribution in [0, 0.1) is 6.92 Å². The van der Waals surface area contributed by atoms with Gasteiger partial charge in [-0.15, -0.1) is 6.58 Å². The van der Waals surface area contributed by atoms with Crippen molar-refractivity contribution in [2.75, 3.05) is 6.54 Å². The average molecular weight is 218 g/mol. The van der Waals surface area contributed by atoms with Crippen molar-refractivity contribution in [2.45, 2.75) is 39.2 Å². The van der Waals surface area contributed by atoms with E-state index in [1.807, 2.05) is 19.2 Å². The summed E-state index contributed by atoms with van der Waals surface area (Å²) in [5.74, 6) is 0. The largest absolute Gasteiger partial charge is 0.310 e. The minimum Gasteiger partial charge on any atom is -0.310 e. The van der Waals surface area contributed by atoms with Gasteiger partial charge in [-0.1, -0.05) is 19.1 Å². The van der Waals surface area contributed by atoms with Gasteiger partial charge in [0, 0.05) is 17.9 Å². The second kappa shape index (κ2) is 7.18. The van der Waals surface area contributed by atoms with Gasteiger partial charge in [0.2, 0.25) is 0 Å². The van der Waals surface area contributed by atoms with E-state index in [1.165, 1.54) is 12.0 Å². The summed E-state index contributed by atoms with van der Waals surface area (Å²) in [6.45, 7) is 8.91. The van der Waals surface area contributed by atoms with Gasteiger partial charge < -0.3 is 5.32 Å². The monoisotopic (exact) mass is 218 g/mol. The molecule has 0 aromatic carbocycles. The molecule has 16 heavy (non-hydrogen) atoms. The summed E-state index contributed by atoms with van der Waals surface area (Å²) in [4.78, 5) is 4.35. The van der Waals surface area contributed by atoms with Crippen molar-refractivity contribution >= 4 is 0 Å². The number of rotatable bonds is 7. The second-order valence-corrected chi connectivity index (χ2v) is 4.06. The summed E-state index contributed by atoms with van der Waals surface area (Å²) < 4.78 is 0. The van der Waals surface area contributed by atoms with E-state index in [-0.39, 0.29) is 0 Å². The Kier molecular flexibility index (Phi) is 5.79. The summed E-state index contributed by atoms with van der Waals surface area (Å²) >= 11 is 0. The summed E-state index contributed by atoms with van der Waals surface area (Å²) in [5, 5.41) is 3.50. The van der Waals surface area contributed by atoms with Crippen LogP contribution in [-0.2, 0) is 0 Å². The lowest BCUT2D eigenvalue weighted by atomic mass is 10.0. The van der Waals surface area contributed by atoms with Crippen molar-refractivity contribution < 1.29 is 0 Å². The average Bonchev–Trinajstić information content (AvgIpc) is 2.29. The van der Waals surface area contributed by atoms with Crippen molar-refractivity contribution in [1.29, 1.82) is 0 Å². The fourth-order valence-corrected chi connectivity index (χ4v) is 1.78. The topological polar surface area (TPSA) is 24.9 Å². The standard InChI is InChI=1S/C14H22N2/c1-4-6-7-8-14(15-5-2)13-10-9-12(3)16-11-13/h4,9-11,14-15H,1,5-8H2,2-3H3. The van der Waals surface area contributed by atoms with Gasteiger partial charge in [-0.2, -0.15) is 0 Å². The van der Waals surface area contributed by atoms with Crippen LogP contribution < -0.4 is 5.32 Å². The predicted molar refractivity (Wildman–Crippen MR) is 69.4 cm³/mol. The van der Waals surface area contributed by atoms with Gasteiger partial charge in [0.25, 0.3) is 0 Å². The molecule has 0 bridgehead atoms. The predicted octanol–water partition coefficient (Wildman–Crippen LogP) is 3.40. The van der Waals surface area contributed by atoms with Crippen LogP contribution in [0.5, 0.6) is 0 Å². The Labute approximate surface area is 98.8 Å². The van der Waals surface area contributed by atoms with E-state index >= 15 is 0 Å². The van der Waals surface area contributed by atoms with E-state index < -0.39 is 0 Å². The first-order valence-electron chi connectivity index (χ1n) is 6.04. The van der Waals surface area contributed by atoms with Crippen molar-refractivity contribution in [3.8, 4) is 0 Å². The Hall–Kier alpha value is -1.15. The third kappa shape index (κ3) is 4.15. The first-order valence-corrected chi connectivity index (χ1v) is 6.04. The summed E-state index contributed by atoms with van der Waals surface area (Å²) in [7, 11) is 0. The molecule has 0 amide bonds. The Morgan fingerprint density at radius 3 is 2.88 bits per heavy atom. The summed E-state index contributed by atoms with van der Waals surface area (Å²) in [5.41, 5.74) is 2.36. The molecule has 1 unspecified atom stereocenters. The molecule has 0 spiro atoms. The number of hydrogen-bond donors (Lipinski definition) is 1. The lowest BCUT2D eigenvalue weighted by Gasteiger charge is -2.17. The third-order valence-electron chi connectivity index (χ3n) is 2.69. The number of hydrogen-bond acceptors (Lipinski definition) is 2. The fraction of sp³-hybridized carbons (Fsp3) is 0.500. The number of pyridine rings is 1. The minimum absolute atomic E-state index is 0.429.